The van der Waals surface area contributed by atoms with Crippen LogP contribution < -0.4 is 21.1 Å². The minimum atomic E-state index is -6.41. The molecule has 0 amide bonds. The Kier molecular flexibility index (Phi) is 19.3. The minimum absolute atomic E-state index is 0. The molecule has 5 nitrogen and oxygen atoms in total. The Morgan fingerprint density at radius 1 is 0.541 bits per heavy atom. The summed E-state index contributed by atoms with van der Waals surface area (Å²) in [5, 5.41) is 11.0. The number of hydrogen-bond donors (Lipinski definition) is 1. The molecule has 24 heteroatoms. The van der Waals surface area contributed by atoms with Gasteiger partial charge in [0.1, 0.15) is 46.3 Å². The van der Waals surface area contributed by atoms with Crippen molar-refractivity contribution in [1.82, 2.24) is 9.97 Å². The van der Waals surface area contributed by atoms with Crippen LogP contribution in [0.1, 0.15) is 16.2 Å². The van der Waals surface area contributed by atoms with Crippen molar-refractivity contribution in [1.29, 1.82) is 0 Å². The van der Waals surface area contributed by atoms with E-state index < -0.39 is 110 Å². The predicted molar refractivity (Wildman–Crippen MR) is 186 cm³/mol. The van der Waals surface area contributed by atoms with Crippen LogP contribution >= 0.6 is 23.2 Å². The largest absolute Gasteiger partial charge is 2.00 e. The first kappa shape index (κ1) is 52.0. The van der Waals surface area contributed by atoms with Crippen molar-refractivity contribution in [2.45, 2.75) is 0 Å². The van der Waals surface area contributed by atoms with Gasteiger partial charge in [-0.25, -0.2) is 65.9 Å². The molecule has 61 heavy (non-hydrogen) atoms. The van der Waals surface area contributed by atoms with Crippen molar-refractivity contribution >= 4 is 51.7 Å². The number of para-hydroxylation sites is 1. The number of methoxy groups -OCH3 is 1. The van der Waals surface area contributed by atoms with E-state index in [0.29, 0.717) is 11.4 Å². The van der Waals surface area contributed by atoms with Gasteiger partial charge in [-0.2, -0.15) is 18.2 Å². The molecular weight excluding hydrogens is 1080 g/mol. The molecule has 2 heterocycles. The summed E-state index contributed by atoms with van der Waals surface area (Å²) in [4.78, 5) is 19.7. The average molecular weight is 1100 g/mol. The van der Waals surface area contributed by atoms with Gasteiger partial charge in [-0.05, 0) is 24.3 Å². The van der Waals surface area contributed by atoms with Gasteiger partial charge in [0.15, 0.2) is 52.4 Å². The number of alkyl halides is 2. The molecule has 0 unspecified atom stereocenters. The predicted octanol–water partition coefficient (Wildman–Crippen LogP) is 8.35. The second-order valence-corrected chi connectivity index (χ2v) is 11.9. The Labute approximate surface area is 358 Å². The summed E-state index contributed by atoms with van der Waals surface area (Å²) < 4.78 is 215. The van der Waals surface area contributed by atoms with Crippen molar-refractivity contribution < 1.29 is 101 Å². The van der Waals surface area contributed by atoms with Crippen LogP contribution in [0.25, 0.3) is 0 Å². The second-order valence-electron chi connectivity index (χ2n) is 11.1. The van der Waals surface area contributed by atoms with E-state index in [1.54, 1.807) is 55.9 Å². The Hall–Kier alpha value is -5.11. The van der Waals surface area contributed by atoms with Gasteiger partial charge >= 0.3 is 21.1 Å². The number of pyridine rings is 2. The van der Waals surface area contributed by atoms with Crippen LogP contribution in [0.5, 0.6) is 5.75 Å². The van der Waals surface area contributed by atoms with E-state index in [2.05, 4.69) is 16.0 Å². The third kappa shape index (κ3) is 10.9. The molecule has 326 valence electrons. The van der Waals surface area contributed by atoms with Crippen LogP contribution in [-0.2, 0) is 21.1 Å². The fourth-order valence-corrected chi connectivity index (χ4v) is 5.03. The number of hydrogen-bond acceptors (Lipinski definition) is 5. The van der Waals surface area contributed by atoms with E-state index in [0.717, 1.165) is 5.75 Å². The molecule has 0 saturated heterocycles. The normalized spacial score (nSPS) is 10.5. The molecule has 1 N–H and O–H groups in total. The fourth-order valence-electron chi connectivity index (χ4n) is 5.03. The molecule has 6 rings (SSSR count). The van der Waals surface area contributed by atoms with E-state index in [1.807, 2.05) is 24.3 Å². The maximum absolute atomic E-state index is 14.5. The van der Waals surface area contributed by atoms with Crippen molar-refractivity contribution in [3.63, 3.8) is 0 Å². The molecule has 0 aliphatic rings. The maximum atomic E-state index is 14.5. The molecule has 2 aromatic heterocycles. The zero-order valence-corrected chi connectivity index (χ0v) is 33.4. The number of carbonyl (C=O) groups excluding carboxylic acids is 1. The van der Waals surface area contributed by atoms with E-state index in [9.17, 15) is 75.7 Å². The molecule has 0 fully saturated rings. The summed E-state index contributed by atoms with van der Waals surface area (Å²) in [6.45, 7) is 0. The Bertz CT molecular complexity index is 2190. The molecule has 0 saturated carbocycles. The van der Waals surface area contributed by atoms with Crippen molar-refractivity contribution in [3.8, 4) is 5.75 Å². The van der Waals surface area contributed by atoms with Gasteiger partial charge in [0.05, 0.1) is 12.4 Å². The van der Waals surface area contributed by atoms with Crippen LogP contribution in [0.15, 0.2) is 73.1 Å². The number of halogens is 17. The summed E-state index contributed by atoms with van der Waals surface area (Å²) in [6, 6.07) is 20.9. The monoisotopic (exact) mass is 1100 g/mol. The zero-order chi connectivity index (χ0) is 45.2. The number of aromatic nitrogens is 2. The maximum Gasteiger partial charge on any atom is 2.00 e. The zero-order valence-electron chi connectivity index (χ0n) is 29.6. The Morgan fingerprint density at radius 3 is 1.03 bits per heavy atom. The summed E-state index contributed by atoms with van der Waals surface area (Å²) in [6.07, 6.45) is -3.23. The summed E-state index contributed by atoms with van der Waals surface area (Å²) in [5.74, 6) is -47.2. The minimum Gasteiger partial charge on any atom is -0.594 e. The molecule has 0 atom stereocenters. The van der Waals surface area contributed by atoms with Crippen LogP contribution in [0.4, 0.5) is 65.9 Å². The van der Waals surface area contributed by atoms with E-state index >= 15 is 0 Å². The quantitative estimate of drug-likeness (QED) is 0.0346. The van der Waals surface area contributed by atoms with Crippen LogP contribution in [0.3, 0.4) is 0 Å². The Morgan fingerprint density at radius 2 is 0.820 bits per heavy atom. The van der Waals surface area contributed by atoms with Crippen LogP contribution in [0.2, 0.25) is 0 Å². The fraction of sp³-hybridized carbons (Fsp3) is 0.0541. The van der Waals surface area contributed by atoms with Crippen molar-refractivity contribution in [2.24, 2.45) is 0 Å². The molecule has 0 spiro atoms. The van der Waals surface area contributed by atoms with Crippen LogP contribution in [-0.4, -0.2) is 39.6 Å². The first-order valence-electron chi connectivity index (χ1n) is 15.7. The molecule has 0 bridgehead atoms. The van der Waals surface area contributed by atoms with Gasteiger partial charge < -0.3 is 9.76 Å². The molecule has 6 aromatic rings. The number of nitrogens with zero attached hydrogens (tertiary/aromatic N) is 2. The van der Waals surface area contributed by atoms with Gasteiger partial charge in [0.2, 0.25) is 12.1 Å². The van der Waals surface area contributed by atoms with E-state index in [1.165, 1.54) is 0 Å². The van der Waals surface area contributed by atoms with E-state index in [4.69, 9.17) is 27.9 Å². The van der Waals surface area contributed by atoms with Gasteiger partial charge in [0.25, 0.3) is 0 Å². The number of carbonyl (C=O) groups is 1. The average Bonchev–Trinajstić information content (AvgIpc) is 3.26. The summed E-state index contributed by atoms with van der Waals surface area (Å²) in [7, 11) is 1.63. The molecule has 4 aromatic carbocycles. The van der Waals surface area contributed by atoms with Crippen molar-refractivity contribution in [2.75, 3.05) is 12.4 Å². The first-order chi connectivity index (χ1) is 28.2. The second kappa shape index (κ2) is 22.7. The number of benzene rings is 4. The first-order valence-corrected chi connectivity index (χ1v) is 16.7. The molecule has 0 radical (unpaired) electrons. The number of ether oxygens (including phenoxy) is 1. The number of rotatable bonds is 6. The standard InChI is InChI=1S/C18HBF15O.C11H8N2O.C7H7O.CH2Cl2.Pt/c20-4-1(5(21)11(27)16(32)10(4)26)19(35,2-6(22)12(28)17(33)13(29)7(2)23)3-8(24)14(30)18(34)15(31)9(3)25;14-11(9-5-1-3-7-12-9)10-6-2-4-8-13-10;1-8-7-5-3-2-4-6-7;2-1-3;/h35H;1-8H;2-5H,1H3;1H2;/q-1;;-1;;+2. The smallest absolute Gasteiger partial charge is 0.594 e. The third-order valence-electron chi connectivity index (χ3n) is 7.68. The van der Waals surface area contributed by atoms with Gasteiger partial charge in [-0.3, -0.25) is 14.8 Å². The van der Waals surface area contributed by atoms with E-state index in [-0.39, 0.29) is 32.2 Å². The Balaban J connectivity index is 0.000000398. The SMILES string of the molecule is COc1[c-]cccc1.ClCCl.O=C(c1ccccn1)c1ccccn1.O[B-](c1c(F)c(F)c(F)c(F)c1F)(c1c(F)c(F)c(F)c(F)c1F)c1c(F)c(F)c(F)c(F)c1F.[Pt+2]. The third-order valence-corrected chi connectivity index (χ3v) is 7.68. The number of ketones is 1. The topological polar surface area (TPSA) is 72.3 Å². The molecule has 0 aliphatic heterocycles. The van der Waals surface area contributed by atoms with Gasteiger partial charge in [-0.15, -0.1) is 35.3 Å². The molecular formula is C37H18BCl2F15N2O3Pt. The van der Waals surface area contributed by atoms with Gasteiger partial charge in [0, 0.05) is 18.1 Å². The van der Waals surface area contributed by atoms with Gasteiger partial charge in [-0.1, -0.05) is 28.5 Å². The van der Waals surface area contributed by atoms with Crippen LogP contribution in [0, 0.1) is 93.3 Å². The summed E-state index contributed by atoms with van der Waals surface area (Å²) >= 11 is 9.53. The molecule has 0 aliphatic carbocycles. The van der Waals surface area contributed by atoms with Crippen molar-refractivity contribution in [3.05, 3.63) is 178 Å². The summed E-state index contributed by atoms with van der Waals surface area (Å²) in [5.41, 5.74) is -8.38.